The van der Waals surface area contributed by atoms with Gasteiger partial charge >= 0.3 is 23.9 Å². The summed E-state index contributed by atoms with van der Waals surface area (Å²) in [7, 11) is 0. The van der Waals surface area contributed by atoms with E-state index in [2.05, 4.69) is 4.99 Å². The highest BCUT2D eigenvalue weighted by molar-refractivity contribution is 6.10. The molecule has 2 aliphatic heterocycles. The average Bonchev–Trinajstić information content (AvgIpc) is 3.15. The summed E-state index contributed by atoms with van der Waals surface area (Å²) in [6, 6.07) is 8.45. The molecule has 12 heteroatoms. The largest absolute Gasteiger partial charge is 0.460 e. The van der Waals surface area contributed by atoms with Crippen LogP contribution in [0.3, 0.4) is 0 Å². The number of allylic oxidation sites excluding steroid dienone is 2. The fourth-order valence-corrected chi connectivity index (χ4v) is 3.05. The smallest absolute Gasteiger partial charge is 0.323 e. The molecule has 0 saturated carbocycles. The van der Waals surface area contributed by atoms with Gasteiger partial charge in [-0.25, -0.2) is 0 Å². The lowest BCUT2D eigenvalue weighted by Crippen LogP contribution is -2.61. The van der Waals surface area contributed by atoms with Crippen molar-refractivity contribution in [2.45, 2.75) is 23.9 Å². The molecule has 30 heavy (non-hydrogen) atoms. The highest BCUT2D eigenvalue weighted by Gasteiger charge is 2.82. The molecule has 1 aromatic carbocycles. The normalized spacial score (nSPS) is 18.1. The lowest BCUT2D eigenvalue weighted by Gasteiger charge is -2.37. The Balaban J connectivity index is 2.26. The lowest BCUT2D eigenvalue weighted by molar-refractivity contribution is -0.389. The summed E-state index contributed by atoms with van der Waals surface area (Å²) < 4.78 is 121. The second-order valence-electron chi connectivity index (χ2n) is 6.37. The van der Waals surface area contributed by atoms with Crippen molar-refractivity contribution in [2.75, 3.05) is 13.1 Å². The van der Waals surface area contributed by atoms with Crippen molar-refractivity contribution in [3.8, 4) is 6.07 Å². The number of fused-ring (bicyclic) bond motifs is 1. The number of benzene rings is 1. The van der Waals surface area contributed by atoms with E-state index in [9.17, 15) is 44.8 Å². The zero-order valence-electron chi connectivity index (χ0n) is 14.6. The van der Waals surface area contributed by atoms with Gasteiger partial charge in [-0.1, -0.05) is 30.3 Å². The minimum atomic E-state index is -7.06. The SMILES string of the molecule is N#CC1=C(C(F)(F)C(F)(F)C(F)(F)C(F)(F)F)C=C(c2ccccc2)N2CCN=C12. The summed E-state index contributed by atoms with van der Waals surface area (Å²) in [4.78, 5) is 5.01. The number of aliphatic imine (C=N–C) groups is 1. The maximum atomic E-state index is 14.6. The third kappa shape index (κ3) is 2.95. The molecule has 0 radical (unpaired) electrons. The number of hydrogen-bond donors (Lipinski definition) is 0. The summed E-state index contributed by atoms with van der Waals surface area (Å²) in [5, 5.41) is 9.22. The highest BCUT2D eigenvalue weighted by atomic mass is 19.4. The van der Waals surface area contributed by atoms with E-state index in [1.165, 1.54) is 35.2 Å². The van der Waals surface area contributed by atoms with Crippen LogP contribution < -0.4 is 0 Å². The van der Waals surface area contributed by atoms with Crippen molar-refractivity contribution in [2.24, 2.45) is 4.99 Å². The quantitative estimate of drug-likeness (QED) is 0.617. The Morgan fingerprint density at radius 2 is 1.50 bits per heavy atom. The number of nitrogens with zero attached hydrogens (tertiary/aromatic N) is 3. The van der Waals surface area contributed by atoms with Crippen molar-refractivity contribution < 1.29 is 39.5 Å². The first-order valence-electron chi connectivity index (χ1n) is 8.22. The maximum Gasteiger partial charge on any atom is 0.460 e. The van der Waals surface area contributed by atoms with Gasteiger partial charge in [-0.3, -0.25) is 4.99 Å². The fraction of sp³-hybridized carbons (Fsp3) is 0.333. The zero-order chi connectivity index (χ0) is 22.5. The summed E-state index contributed by atoms with van der Waals surface area (Å²) >= 11 is 0. The number of alkyl halides is 9. The molecule has 1 aromatic rings. The van der Waals surface area contributed by atoms with Gasteiger partial charge in [0.15, 0.2) is 0 Å². The zero-order valence-corrected chi connectivity index (χ0v) is 14.6. The fourth-order valence-electron chi connectivity index (χ4n) is 3.05. The van der Waals surface area contributed by atoms with Crippen molar-refractivity contribution in [1.82, 2.24) is 4.90 Å². The summed E-state index contributed by atoms with van der Waals surface area (Å²) in [6.07, 6.45) is -6.62. The first kappa shape index (κ1) is 21.7. The summed E-state index contributed by atoms with van der Waals surface area (Å²) in [6.45, 7) is 0.0356. The van der Waals surface area contributed by atoms with Gasteiger partial charge in [0.2, 0.25) is 0 Å². The van der Waals surface area contributed by atoms with Gasteiger partial charge < -0.3 is 4.90 Å². The summed E-state index contributed by atoms with van der Waals surface area (Å²) in [5.74, 6) is -20.5. The molecule has 0 aromatic heterocycles. The first-order chi connectivity index (χ1) is 13.8. The molecule has 3 rings (SSSR count). The molecule has 0 aliphatic carbocycles. The van der Waals surface area contributed by atoms with Crippen LogP contribution >= 0.6 is 0 Å². The molecule has 0 unspecified atom stereocenters. The predicted molar refractivity (Wildman–Crippen MR) is 87.0 cm³/mol. The van der Waals surface area contributed by atoms with E-state index < -0.39 is 40.9 Å². The molecule has 3 nitrogen and oxygen atoms in total. The number of rotatable bonds is 4. The van der Waals surface area contributed by atoms with Gasteiger partial charge in [0.1, 0.15) is 17.5 Å². The first-order valence-corrected chi connectivity index (χ1v) is 8.22. The molecular weight excluding hydrogens is 429 g/mol. The van der Waals surface area contributed by atoms with Crippen LogP contribution in [0.1, 0.15) is 5.56 Å². The minimum Gasteiger partial charge on any atom is -0.323 e. The molecule has 2 heterocycles. The molecular formula is C18H10F9N3. The van der Waals surface area contributed by atoms with E-state index in [4.69, 9.17) is 0 Å². The molecule has 0 saturated heterocycles. The van der Waals surface area contributed by atoms with Gasteiger partial charge in [-0.05, 0) is 11.6 Å². The Morgan fingerprint density at radius 3 is 2.03 bits per heavy atom. The minimum absolute atomic E-state index is 0.0291. The van der Waals surface area contributed by atoms with Crippen molar-refractivity contribution in [1.29, 1.82) is 5.26 Å². The average molecular weight is 439 g/mol. The van der Waals surface area contributed by atoms with Crippen molar-refractivity contribution in [3.05, 3.63) is 53.1 Å². The van der Waals surface area contributed by atoms with E-state index >= 15 is 0 Å². The Bertz CT molecular complexity index is 982. The molecule has 0 spiro atoms. The van der Waals surface area contributed by atoms with Gasteiger partial charge in [0.05, 0.1) is 17.8 Å². The van der Waals surface area contributed by atoms with Crippen molar-refractivity contribution in [3.63, 3.8) is 0 Å². The van der Waals surface area contributed by atoms with Crippen LogP contribution in [0.2, 0.25) is 0 Å². The number of hydrogen-bond acceptors (Lipinski definition) is 3. The highest BCUT2D eigenvalue weighted by Crippen LogP contribution is 2.56. The molecule has 160 valence electrons. The monoisotopic (exact) mass is 439 g/mol. The number of halogens is 9. The Labute approximate surface area is 163 Å². The standard InChI is InChI=1S/C18H10F9N3/c19-15(20,16(21,22)17(23,24)18(25,26)27)12-8-13(10-4-2-1-3-5-10)30-7-6-29-14(30)11(12)9-28/h1-5,8H,6-7H2. The third-order valence-electron chi connectivity index (χ3n) is 4.57. The van der Waals surface area contributed by atoms with E-state index in [1.807, 2.05) is 0 Å². The van der Waals surface area contributed by atoms with E-state index in [0.717, 1.165) is 0 Å². The number of amidine groups is 1. The van der Waals surface area contributed by atoms with Gasteiger partial charge in [-0.15, -0.1) is 0 Å². The van der Waals surface area contributed by atoms with Crippen LogP contribution in [0.15, 0.2) is 52.5 Å². The van der Waals surface area contributed by atoms with Gasteiger partial charge in [0, 0.05) is 6.54 Å². The molecule has 0 N–H and O–H groups in total. The van der Waals surface area contributed by atoms with E-state index in [0.29, 0.717) is 6.08 Å². The Hall–Kier alpha value is -2.97. The van der Waals surface area contributed by atoms with E-state index in [1.54, 1.807) is 6.07 Å². The van der Waals surface area contributed by atoms with Crippen LogP contribution in [-0.4, -0.2) is 47.8 Å². The van der Waals surface area contributed by atoms with Crippen LogP contribution in [0.5, 0.6) is 0 Å². The molecule has 0 bridgehead atoms. The maximum absolute atomic E-state index is 14.6. The lowest BCUT2D eigenvalue weighted by atomic mass is 9.88. The topological polar surface area (TPSA) is 39.4 Å². The van der Waals surface area contributed by atoms with Gasteiger partial charge in [0.25, 0.3) is 0 Å². The van der Waals surface area contributed by atoms with Crippen LogP contribution in [-0.2, 0) is 0 Å². The van der Waals surface area contributed by atoms with Crippen LogP contribution in [0.4, 0.5) is 39.5 Å². The number of nitriles is 1. The van der Waals surface area contributed by atoms with Crippen LogP contribution in [0.25, 0.3) is 5.70 Å². The molecule has 0 amide bonds. The van der Waals surface area contributed by atoms with Gasteiger partial charge in [-0.2, -0.15) is 44.8 Å². The second kappa shape index (κ2) is 6.78. The van der Waals surface area contributed by atoms with Crippen molar-refractivity contribution >= 4 is 11.5 Å². The Morgan fingerprint density at radius 1 is 0.900 bits per heavy atom. The van der Waals surface area contributed by atoms with Crippen LogP contribution in [0, 0.1) is 11.3 Å². The molecule has 0 atom stereocenters. The summed E-state index contributed by atoms with van der Waals surface area (Å²) in [5.41, 5.74) is -3.17. The second-order valence-corrected chi connectivity index (χ2v) is 6.37. The third-order valence-corrected chi connectivity index (χ3v) is 4.57. The molecule has 0 fully saturated rings. The predicted octanol–water partition coefficient (Wildman–Crippen LogP) is 5.04. The molecule has 2 aliphatic rings. The Kier molecular flexibility index (Phi) is 4.91. The van der Waals surface area contributed by atoms with E-state index in [-0.39, 0.29) is 24.4 Å².